The van der Waals surface area contributed by atoms with E-state index in [4.69, 9.17) is 4.74 Å². The van der Waals surface area contributed by atoms with Gasteiger partial charge in [0.1, 0.15) is 5.75 Å². The lowest BCUT2D eigenvalue weighted by molar-refractivity contribution is -0.394. The number of ether oxygens (including phenoxy) is 1. The minimum Gasteiger partial charge on any atom is -0.502 e. The van der Waals surface area contributed by atoms with Crippen molar-refractivity contribution >= 4 is 40.4 Å². The molecule has 218 valence electrons. The molecule has 13 nitrogen and oxygen atoms in total. The first-order valence-electron chi connectivity index (χ1n) is 12.9. The summed E-state index contributed by atoms with van der Waals surface area (Å²) in [5.74, 6) is -0.714. The number of nitro groups is 2. The number of allylic oxidation sites excluding steroid dienone is 1. The molecule has 43 heavy (non-hydrogen) atoms. The zero-order chi connectivity index (χ0) is 30.8. The van der Waals surface area contributed by atoms with Gasteiger partial charge in [-0.2, -0.15) is 0 Å². The Bertz CT molecular complexity index is 1980. The fourth-order valence-corrected chi connectivity index (χ4v) is 5.72. The Balaban J connectivity index is 1.70. The number of rotatable bonds is 8. The minimum absolute atomic E-state index is 0.0164. The van der Waals surface area contributed by atoms with Crippen LogP contribution in [0.2, 0.25) is 0 Å². The van der Waals surface area contributed by atoms with Gasteiger partial charge < -0.3 is 15.2 Å². The molecular weight excluding hydrogens is 578 g/mol. The van der Waals surface area contributed by atoms with Gasteiger partial charge in [0.05, 0.1) is 44.4 Å². The predicted molar refractivity (Wildman–Crippen MR) is 158 cm³/mol. The molecule has 1 aliphatic rings. The number of non-ortho nitro benzene ring substituents is 1. The number of aromatic nitrogens is 1. The quantitative estimate of drug-likeness (QED) is 0.226. The zero-order valence-corrected chi connectivity index (χ0v) is 23.5. The van der Waals surface area contributed by atoms with Gasteiger partial charge in [-0.25, -0.2) is 4.99 Å². The second-order valence-corrected chi connectivity index (χ2v) is 10.3. The minimum atomic E-state index is -0.950. The van der Waals surface area contributed by atoms with Crippen LogP contribution in [0.3, 0.4) is 0 Å². The van der Waals surface area contributed by atoms with Crippen LogP contribution < -0.4 is 24.9 Å². The summed E-state index contributed by atoms with van der Waals surface area (Å²) < 4.78 is 6.85. The summed E-state index contributed by atoms with van der Waals surface area (Å²) >= 11 is 0.912. The van der Waals surface area contributed by atoms with E-state index in [0.29, 0.717) is 35.4 Å². The van der Waals surface area contributed by atoms with E-state index in [1.165, 1.54) is 4.57 Å². The normalized spacial score (nSPS) is 14.6. The van der Waals surface area contributed by atoms with E-state index in [1.807, 2.05) is 13.0 Å². The maximum Gasteiger partial charge on any atom is 0.318 e. The molecule has 0 radical (unpaired) electrons. The van der Waals surface area contributed by atoms with Crippen molar-refractivity contribution < 1.29 is 24.5 Å². The van der Waals surface area contributed by atoms with Crippen LogP contribution in [0, 0.1) is 20.2 Å². The summed E-state index contributed by atoms with van der Waals surface area (Å²) in [6.07, 6.45) is 1.14. The molecule has 14 heteroatoms. The Morgan fingerprint density at radius 2 is 1.81 bits per heavy atom. The molecule has 1 aliphatic heterocycles. The average molecular weight is 602 g/mol. The number of carbonyl (C=O) groups excluding carboxylic acids is 1. The molecule has 0 fully saturated rings. The number of amides is 1. The van der Waals surface area contributed by atoms with Crippen LogP contribution in [0.4, 0.5) is 17.1 Å². The van der Waals surface area contributed by atoms with Gasteiger partial charge in [-0.15, -0.1) is 0 Å². The van der Waals surface area contributed by atoms with E-state index in [0.717, 1.165) is 23.5 Å². The van der Waals surface area contributed by atoms with E-state index >= 15 is 0 Å². The molecule has 1 amide bonds. The van der Waals surface area contributed by atoms with Gasteiger partial charge in [-0.1, -0.05) is 41.7 Å². The number of carbonyl (C=O) groups is 1. The monoisotopic (exact) mass is 601 g/mol. The number of phenols is 1. The first kappa shape index (κ1) is 28.9. The lowest BCUT2D eigenvalue weighted by atomic mass is 9.95. The van der Waals surface area contributed by atoms with Gasteiger partial charge in [0.15, 0.2) is 4.80 Å². The third-order valence-electron chi connectivity index (χ3n) is 6.60. The second kappa shape index (κ2) is 11.7. The third kappa shape index (κ3) is 5.63. The number of nitrogens with zero attached hydrogens (tertiary/aromatic N) is 4. The molecule has 0 saturated carbocycles. The van der Waals surface area contributed by atoms with Crippen LogP contribution >= 0.6 is 11.3 Å². The van der Waals surface area contributed by atoms with Crippen LogP contribution in [0.1, 0.15) is 31.0 Å². The Kier molecular flexibility index (Phi) is 7.86. The average Bonchev–Trinajstić information content (AvgIpc) is 3.28. The van der Waals surface area contributed by atoms with Crippen LogP contribution in [-0.2, 0) is 4.79 Å². The number of hydrogen-bond donors (Lipinski definition) is 2. The van der Waals surface area contributed by atoms with Crippen molar-refractivity contribution in [2.45, 2.75) is 19.9 Å². The first-order chi connectivity index (χ1) is 20.6. The lowest BCUT2D eigenvalue weighted by Gasteiger charge is -2.25. The summed E-state index contributed by atoms with van der Waals surface area (Å²) in [6.45, 7) is 3.94. The van der Waals surface area contributed by atoms with Crippen molar-refractivity contribution in [2.24, 2.45) is 4.99 Å². The molecule has 0 unspecified atom stereocenters. The second-order valence-electron chi connectivity index (χ2n) is 9.32. The topological polar surface area (TPSA) is 179 Å². The standard InChI is InChI=1S/C29H23N5O8S/c1-3-42-21-11-9-17(10-12-21)25-24(27(36)31-19-7-5-4-6-8-19)16(2)30-29-32(25)28(37)23(43-29)14-18-13-20(33(38)39)15-22(26(18)35)34(40)41/h4-15,25,35H,3H2,1-2H3,(H,31,36)/b23-14-/t25-/m1/s1. The van der Waals surface area contributed by atoms with E-state index in [-0.39, 0.29) is 20.5 Å². The van der Waals surface area contributed by atoms with Crippen molar-refractivity contribution in [1.82, 2.24) is 4.57 Å². The van der Waals surface area contributed by atoms with Crippen molar-refractivity contribution in [3.63, 3.8) is 0 Å². The van der Waals surface area contributed by atoms with Crippen molar-refractivity contribution in [3.05, 3.63) is 129 Å². The van der Waals surface area contributed by atoms with Gasteiger partial charge in [0, 0.05) is 17.3 Å². The molecule has 5 rings (SSSR count). The highest BCUT2D eigenvalue weighted by molar-refractivity contribution is 7.07. The van der Waals surface area contributed by atoms with E-state index in [1.54, 1.807) is 55.5 Å². The maximum atomic E-state index is 13.9. The molecule has 0 spiro atoms. The summed E-state index contributed by atoms with van der Waals surface area (Å²) in [6, 6.07) is 16.3. The molecular formula is C29H23N5O8S. The molecule has 2 heterocycles. The molecule has 0 saturated heterocycles. The molecule has 4 aromatic rings. The smallest absolute Gasteiger partial charge is 0.318 e. The number of phenolic OH excluding ortho intramolecular Hbond substituents is 1. The number of nitro benzene ring substituents is 2. The number of benzene rings is 3. The van der Waals surface area contributed by atoms with Crippen molar-refractivity contribution in [2.75, 3.05) is 11.9 Å². The van der Waals surface area contributed by atoms with Gasteiger partial charge >= 0.3 is 5.69 Å². The number of anilines is 1. The van der Waals surface area contributed by atoms with Gasteiger partial charge in [-0.3, -0.25) is 34.4 Å². The number of aromatic hydroxyl groups is 1. The maximum absolute atomic E-state index is 13.9. The molecule has 3 aromatic carbocycles. The van der Waals surface area contributed by atoms with Crippen molar-refractivity contribution in [3.8, 4) is 11.5 Å². The summed E-state index contributed by atoms with van der Waals surface area (Å²) in [4.78, 5) is 53.4. The molecule has 1 aromatic heterocycles. The Hall–Kier alpha value is -5.63. The molecule has 0 bridgehead atoms. The van der Waals surface area contributed by atoms with E-state index in [9.17, 15) is 34.9 Å². The van der Waals surface area contributed by atoms with Crippen LogP contribution in [0.15, 0.2) is 87.8 Å². The number of thiazole rings is 1. The summed E-state index contributed by atoms with van der Waals surface area (Å²) in [5.41, 5.74) is -0.733. The fraction of sp³-hybridized carbons (Fsp3) is 0.138. The van der Waals surface area contributed by atoms with E-state index < -0.39 is 44.5 Å². The van der Waals surface area contributed by atoms with Crippen LogP contribution in [0.5, 0.6) is 11.5 Å². The number of nitrogens with one attached hydrogen (secondary N) is 1. The number of fused-ring (bicyclic) bond motifs is 1. The fourth-order valence-electron chi connectivity index (χ4n) is 4.68. The van der Waals surface area contributed by atoms with Gasteiger partial charge in [0.2, 0.25) is 5.75 Å². The molecule has 0 aliphatic carbocycles. The SMILES string of the molecule is CCOc1ccc([C@@H]2C(C(=O)Nc3ccccc3)=C(C)N=c3s/c(=C\c4cc([N+](=O)[O-])cc([N+](=O)[O-])c4O)c(=O)n32)cc1. The predicted octanol–water partition coefficient (Wildman–Crippen LogP) is 3.79. The van der Waals surface area contributed by atoms with Crippen LogP contribution in [0.25, 0.3) is 6.08 Å². The Morgan fingerprint density at radius 3 is 2.44 bits per heavy atom. The largest absolute Gasteiger partial charge is 0.502 e. The number of hydrogen-bond acceptors (Lipinski definition) is 10. The third-order valence-corrected chi connectivity index (χ3v) is 7.59. The lowest BCUT2D eigenvalue weighted by Crippen LogP contribution is -2.40. The summed E-state index contributed by atoms with van der Waals surface area (Å²) in [5, 5.41) is 36.2. The van der Waals surface area contributed by atoms with Gasteiger partial charge in [-0.05, 0) is 49.8 Å². The highest BCUT2D eigenvalue weighted by Crippen LogP contribution is 2.35. The summed E-state index contributed by atoms with van der Waals surface area (Å²) in [7, 11) is 0. The first-order valence-corrected chi connectivity index (χ1v) is 13.7. The molecule has 2 N–H and O–H groups in total. The highest BCUT2D eigenvalue weighted by atomic mass is 32.1. The highest BCUT2D eigenvalue weighted by Gasteiger charge is 2.33. The molecule has 1 atom stereocenters. The zero-order valence-electron chi connectivity index (χ0n) is 22.7. The van der Waals surface area contributed by atoms with Crippen LogP contribution in [-0.4, -0.2) is 32.0 Å². The van der Waals surface area contributed by atoms with Crippen molar-refractivity contribution in [1.29, 1.82) is 0 Å². The Labute approximate surface area is 246 Å². The number of para-hydroxylation sites is 1. The van der Waals surface area contributed by atoms with E-state index in [2.05, 4.69) is 10.3 Å². The van der Waals surface area contributed by atoms with Gasteiger partial charge in [0.25, 0.3) is 17.2 Å². The Morgan fingerprint density at radius 1 is 1.12 bits per heavy atom.